The minimum atomic E-state index is -0.806. The Hall–Kier alpha value is -2.13. The fourth-order valence-electron chi connectivity index (χ4n) is 2.70. The Labute approximate surface area is 111 Å². The van der Waals surface area contributed by atoms with Crippen molar-refractivity contribution in [2.45, 2.75) is 12.0 Å². The fourth-order valence-corrected chi connectivity index (χ4v) is 2.70. The lowest BCUT2D eigenvalue weighted by Crippen LogP contribution is -2.12. The Morgan fingerprint density at radius 2 is 1.63 bits per heavy atom. The van der Waals surface area contributed by atoms with Crippen LogP contribution in [0.3, 0.4) is 0 Å². The third-order valence-corrected chi connectivity index (χ3v) is 3.62. The van der Waals surface area contributed by atoms with Crippen molar-refractivity contribution < 1.29 is 14.6 Å². The molecule has 0 bridgehead atoms. The van der Waals surface area contributed by atoms with Crippen LogP contribution in [-0.2, 0) is 0 Å². The molecule has 0 aromatic heterocycles. The molecule has 3 nitrogen and oxygen atoms in total. The van der Waals surface area contributed by atoms with E-state index in [1.54, 1.807) is 25.3 Å². The predicted octanol–water partition coefficient (Wildman–Crippen LogP) is 2.71. The number of fused-ring (bicyclic) bond motifs is 1. The highest BCUT2D eigenvalue weighted by molar-refractivity contribution is 6.06. The second-order valence-corrected chi connectivity index (χ2v) is 4.62. The lowest BCUT2D eigenvalue weighted by atomic mass is 9.92. The molecule has 0 heterocycles. The number of Topliss-reactive ketones (excluding diaryl/α,β-unsaturated/α-hetero) is 1. The Morgan fingerprint density at radius 1 is 1.00 bits per heavy atom. The smallest absolute Gasteiger partial charge is 0.173 e. The standard InChI is InChI=1S/C16H14O3/c1-19-13-9-5-4-8-12(13)14-15(17)10-6-2-3-7-11(10)16(14)18/h2-9,14-15,17H,1H3/t14-,15+/m1/s1. The van der Waals surface area contributed by atoms with E-state index in [9.17, 15) is 9.90 Å². The molecule has 96 valence electrons. The molecule has 0 aliphatic heterocycles. The summed E-state index contributed by atoms with van der Waals surface area (Å²) in [4.78, 5) is 12.5. The summed E-state index contributed by atoms with van der Waals surface area (Å²) >= 11 is 0. The normalized spacial score (nSPS) is 21.3. The average molecular weight is 254 g/mol. The number of aliphatic hydroxyl groups excluding tert-OH is 1. The first-order valence-electron chi connectivity index (χ1n) is 6.18. The maximum absolute atomic E-state index is 12.5. The number of ketones is 1. The van der Waals surface area contributed by atoms with E-state index in [1.165, 1.54) is 0 Å². The Kier molecular flexibility index (Phi) is 2.84. The third-order valence-electron chi connectivity index (χ3n) is 3.62. The van der Waals surface area contributed by atoms with Gasteiger partial charge in [0.15, 0.2) is 5.78 Å². The highest BCUT2D eigenvalue weighted by atomic mass is 16.5. The van der Waals surface area contributed by atoms with Crippen LogP contribution in [-0.4, -0.2) is 18.0 Å². The molecule has 0 saturated heterocycles. The molecule has 1 aliphatic carbocycles. The quantitative estimate of drug-likeness (QED) is 0.896. The van der Waals surface area contributed by atoms with Gasteiger partial charge in [-0.1, -0.05) is 42.5 Å². The van der Waals surface area contributed by atoms with Crippen molar-refractivity contribution in [1.82, 2.24) is 0 Å². The predicted molar refractivity (Wildman–Crippen MR) is 71.5 cm³/mol. The third kappa shape index (κ3) is 1.74. The number of hydrogen-bond acceptors (Lipinski definition) is 3. The minimum Gasteiger partial charge on any atom is -0.496 e. The SMILES string of the molecule is COc1ccccc1[C@H]1C(=O)c2ccccc2[C@@H]1O. The summed E-state index contributed by atoms with van der Waals surface area (Å²) in [6.07, 6.45) is -0.806. The van der Waals surface area contributed by atoms with Crippen LogP contribution in [0.2, 0.25) is 0 Å². The Bertz CT molecular complexity index is 633. The van der Waals surface area contributed by atoms with E-state index in [0.717, 1.165) is 5.56 Å². The number of rotatable bonds is 2. The van der Waals surface area contributed by atoms with Gasteiger partial charge in [-0.25, -0.2) is 0 Å². The van der Waals surface area contributed by atoms with Gasteiger partial charge in [0.2, 0.25) is 0 Å². The summed E-state index contributed by atoms with van der Waals surface area (Å²) in [5, 5.41) is 10.4. The van der Waals surface area contributed by atoms with Crippen molar-refractivity contribution in [3.63, 3.8) is 0 Å². The molecule has 0 unspecified atom stereocenters. The second-order valence-electron chi connectivity index (χ2n) is 4.62. The zero-order chi connectivity index (χ0) is 13.4. The van der Waals surface area contributed by atoms with Gasteiger partial charge >= 0.3 is 0 Å². The number of hydrogen-bond donors (Lipinski definition) is 1. The van der Waals surface area contributed by atoms with Crippen molar-refractivity contribution in [1.29, 1.82) is 0 Å². The molecule has 1 N–H and O–H groups in total. The van der Waals surface area contributed by atoms with E-state index in [-0.39, 0.29) is 5.78 Å². The molecule has 3 heteroatoms. The first-order valence-corrected chi connectivity index (χ1v) is 6.18. The lowest BCUT2D eigenvalue weighted by molar-refractivity contribution is 0.0869. The Morgan fingerprint density at radius 3 is 2.32 bits per heavy atom. The summed E-state index contributed by atoms with van der Waals surface area (Å²) in [5.74, 6) is 0.00820. The topological polar surface area (TPSA) is 46.5 Å². The van der Waals surface area contributed by atoms with Crippen LogP contribution in [0.15, 0.2) is 48.5 Å². The summed E-state index contributed by atoms with van der Waals surface area (Å²) in [6.45, 7) is 0. The van der Waals surface area contributed by atoms with Gasteiger partial charge in [-0.3, -0.25) is 4.79 Å². The largest absolute Gasteiger partial charge is 0.496 e. The van der Waals surface area contributed by atoms with Crippen LogP contribution < -0.4 is 4.74 Å². The summed E-state index contributed by atoms with van der Waals surface area (Å²) in [7, 11) is 1.57. The summed E-state index contributed by atoms with van der Waals surface area (Å²) < 4.78 is 5.29. The molecule has 0 fully saturated rings. The second kappa shape index (κ2) is 4.52. The van der Waals surface area contributed by atoms with Crippen LogP contribution in [0.4, 0.5) is 0 Å². The van der Waals surface area contributed by atoms with Crippen molar-refractivity contribution in [3.8, 4) is 5.75 Å². The zero-order valence-electron chi connectivity index (χ0n) is 10.5. The molecular weight excluding hydrogens is 240 g/mol. The number of ether oxygens (including phenoxy) is 1. The molecule has 0 saturated carbocycles. The molecule has 0 amide bonds. The van der Waals surface area contributed by atoms with Crippen LogP contribution in [0.1, 0.15) is 33.5 Å². The molecule has 2 atom stereocenters. The van der Waals surface area contributed by atoms with E-state index >= 15 is 0 Å². The van der Waals surface area contributed by atoms with E-state index < -0.39 is 12.0 Å². The number of methoxy groups -OCH3 is 1. The minimum absolute atomic E-state index is 0.0485. The highest BCUT2D eigenvalue weighted by Crippen LogP contribution is 2.44. The number of carbonyl (C=O) groups excluding carboxylic acids is 1. The van der Waals surface area contributed by atoms with Crippen LogP contribution in [0.5, 0.6) is 5.75 Å². The van der Waals surface area contributed by atoms with Gasteiger partial charge in [0.25, 0.3) is 0 Å². The number of aliphatic hydroxyl groups is 1. The Balaban J connectivity index is 2.11. The molecule has 1 aliphatic rings. The van der Waals surface area contributed by atoms with Gasteiger partial charge in [-0.15, -0.1) is 0 Å². The van der Waals surface area contributed by atoms with Gasteiger partial charge in [0.05, 0.1) is 19.1 Å². The van der Waals surface area contributed by atoms with Gasteiger partial charge < -0.3 is 9.84 Å². The van der Waals surface area contributed by atoms with Gasteiger partial charge in [-0.05, 0) is 11.6 Å². The monoisotopic (exact) mass is 254 g/mol. The lowest BCUT2D eigenvalue weighted by Gasteiger charge is -2.17. The van der Waals surface area contributed by atoms with Crippen molar-refractivity contribution >= 4 is 5.78 Å². The molecule has 3 rings (SSSR count). The first-order chi connectivity index (χ1) is 9.24. The van der Waals surface area contributed by atoms with Crippen LogP contribution in [0.25, 0.3) is 0 Å². The summed E-state index contributed by atoms with van der Waals surface area (Å²) in [5.41, 5.74) is 2.04. The van der Waals surface area contributed by atoms with Crippen LogP contribution >= 0.6 is 0 Å². The van der Waals surface area contributed by atoms with E-state index in [4.69, 9.17) is 4.74 Å². The van der Waals surface area contributed by atoms with Gasteiger partial charge in [0, 0.05) is 11.1 Å². The number of para-hydroxylation sites is 1. The van der Waals surface area contributed by atoms with E-state index in [2.05, 4.69) is 0 Å². The molecule has 0 spiro atoms. The van der Waals surface area contributed by atoms with E-state index in [0.29, 0.717) is 16.9 Å². The molecular formula is C16H14O3. The fraction of sp³-hybridized carbons (Fsp3) is 0.188. The van der Waals surface area contributed by atoms with Crippen LogP contribution in [0, 0.1) is 0 Å². The zero-order valence-corrected chi connectivity index (χ0v) is 10.5. The van der Waals surface area contributed by atoms with Crippen molar-refractivity contribution in [3.05, 3.63) is 65.2 Å². The highest BCUT2D eigenvalue weighted by Gasteiger charge is 2.40. The van der Waals surface area contributed by atoms with Crippen molar-refractivity contribution in [2.75, 3.05) is 7.11 Å². The number of benzene rings is 2. The maximum atomic E-state index is 12.5. The summed E-state index contributed by atoms with van der Waals surface area (Å²) in [6, 6.07) is 14.5. The van der Waals surface area contributed by atoms with Crippen molar-refractivity contribution in [2.24, 2.45) is 0 Å². The van der Waals surface area contributed by atoms with Gasteiger partial charge in [0.1, 0.15) is 5.75 Å². The molecule has 2 aromatic carbocycles. The average Bonchev–Trinajstić information content (AvgIpc) is 2.71. The maximum Gasteiger partial charge on any atom is 0.173 e. The molecule has 0 radical (unpaired) electrons. The first kappa shape index (κ1) is 11.9. The molecule has 2 aromatic rings. The van der Waals surface area contributed by atoms with Gasteiger partial charge in [-0.2, -0.15) is 0 Å². The molecule has 19 heavy (non-hydrogen) atoms. The number of carbonyl (C=O) groups is 1. The van der Waals surface area contributed by atoms with E-state index in [1.807, 2.05) is 30.3 Å².